The van der Waals surface area contributed by atoms with Crippen molar-refractivity contribution in [3.05, 3.63) is 23.9 Å². The normalized spacial score (nSPS) is 24.3. The molecular weight excluding hydrogens is 294 g/mol. The van der Waals surface area contributed by atoms with Crippen LogP contribution in [0, 0.1) is 0 Å². The van der Waals surface area contributed by atoms with Gasteiger partial charge in [-0.2, -0.15) is 0 Å². The molecule has 0 radical (unpaired) electrons. The van der Waals surface area contributed by atoms with Gasteiger partial charge in [0.25, 0.3) is 11.8 Å². The topological polar surface area (TPSA) is 51.7 Å². The number of hydrogen-bond donors (Lipinski definition) is 0. The van der Waals surface area contributed by atoms with Crippen molar-refractivity contribution < 1.29 is 23.0 Å². The van der Waals surface area contributed by atoms with Gasteiger partial charge < -0.3 is 14.4 Å². The zero-order valence-electron chi connectivity index (χ0n) is 12.1. The molecule has 120 valence electrons. The largest absolute Gasteiger partial charge is 0.472 e. The summed E-state index contributed by atoms with van der Waals surface area (Å²) >= 11 is 0. The summed E-state index contributed by atoms with van der Waals surface area (Å²) in [6.45, 7) is 1.31. The molecule has 2 aliphatic rings. The maximum Gasteiger partial charge on any atom is 0.254 e. The molecule has 0 N–H and O–H groups in total. The number of halogens is 2. The van der Waals surface area contributed by atoms with Crippen molar-refractivity contribution in [2.75, 3.05) is 26.3 Å². The summed E-state index contributed by atoms with van der Waals surface area (Å²) in [7, 11) is 0. The van der Waals surface area contributed by atoms with Gasteiger partial charge in [0.2, 0.25) is 5.88 Å². The Bertz CT molecular complexity index is 537. The fraction of sp³-hybridized carbons (Fsp3) is 0.600. The molecule has 2 saturated heterocycles. The van der Waals surface area contributed by atoms with E-state index in [1.807, 2.05) is 0 Å². The van der Waals surface area contributed by atoms with E-state index in [0.29, 0.717) is 24.7 Å². The van der Waals surface area contributed by atoms with Gasteiger partial charge >= 0.3 is 0 Å². The maximum atomic E-state index is 13.2. The first-order chi connectivity index (χ1) is 10.5. The van der Waals surface area contributed by atoms with E-state index in [1.54, 1.807) is 12.1 Å². The number of carbonyl (C=O) groups excluding carboxylic acids is 1. The number of piperidine rings is 1. The van der Waals surface area contributed by atoms with E-state index in [9.17, 15) is 13.6 Å². The van der Waals surface area contributed by atoms with Crippen molar-refractivity contribution in [1.29, 1.82) is 0 Å². The average Bonchev–Trinajstić information content (AvgIpc) is 3.00. The van der Waals surface area contributed by atoms with E-state index >= 15 is 0 Å². The summed E-state index contributed by atoms with van der Waals surface area (Å²) in [6.07, 6.45) is 1.67. The van der Waals surface area contributed by atoms with E-state index in [4.69, 9.17) is 9.47 Å². The summed E-state index contributed by atoms with van der Waals surface area (Å²) in [5, 5.41) is 0. The third-order valence-corrected chi connectivity index (χ3v) is 3.94. The van der Waals surface area contributed by atoms with Crippen LogP contribution in [0.5, 0.6) is 5.88 Å². The van der Waals surface area contributed by atoms with Crippen LogP contribution in [0.1, 0.15) is 29.6 Å². The van der Waals surface area contributed by atoms with Crippen LogP contribution < -0.4 is 4.74 Å². The molecule has 0 unspecified atom stereocenters. The minimum atomic E-state index is -2.66. The Morgan fingerprint density at radius 2 is 2.18 bits per heavy atom. The Kier molecular flexibility index (Phi) is 4.24. The number of pyridine rings is 1. The number of rotatable bonds is 3. The molecule has 3 heterocycles. The molecule has 1 aromatic rings. The fourth-order valence-corrected chi connectivity index (χ4v) is 2.60. The van der Waals surface area contributed by atoms with Crippen molar-refractivity contribution in [2.45, 2.75) is 31.3 Å². The van der Waals surface area contributed by atoms with E-state index in [-0.39, 0.29) is 37.9 Å². The molecule has 0 bridgehead atoms. The first-order valence-corrected chi connectivity index (χ1v) is 7.41. The minimum Gasteiger partial charge on any atom is -0.472 e. The Morgan fingerprint density at radius 3 is 2.86 bits per heavy atom. The third kappa shape index (κ3) is 3.52. The van der Waals surface area contributed by atoms with Crippen molar-refractivity contribution in [3.63, 3.8) is 0 Å². The van der Waals surface area contributed by atoms with Gasteiger partial charge in [-0.15, -0.1) is 0 Å². The second kappa shape index (κ2) is 6.16. The number of nitrogens with zero attached hydrogens (tertiary/aromatic N) is 2. The van der Waals surface area contributed by atoms with Crippen LogP contribution >= 0.6 is 0 Å². The lowest BCUT2D eigenvalue weighted by molar-refractivity contribution is -0.0494. The predicted octanol–water partition coefficient (Wildman–Crippen LogP) is 2.12. The maximum absolute atomic E-state index is 13.2. The summed E-state index contributed by atoms with van der Waals surface area (Å²) in [6, 6.07) is 3.14. The van der Waals surface area contributed by atoms with Gasteiger partial charge in [0.05, 0.1) is 13.2 Å². The molecule has 1 atom stereocenters. The standard InChI is InChI=1S/C15H18F2N2O3/c16-15(17)3-6-19(7-4-15)14(20)11-1-5-18-13(9-11)22-12-2-8-21-10-12/h1,5,9,12H,2-4,6-8,10H2/t12-/m1/s1. The lowest BCUT2D eigenvalue weighted by Crippen LogP contribution is -2.42. The first-order valence-electron chi connectivity index (χ1n) is 7.41. The van der Waals surface area contributed by atoms with E-state index in [2.05, 4.69) is 4.98 Å². The van der Waals surface area contributed by atoms with Crippen LogP contribution in [-0.2, 0) is 4.74 Å². The molecular formula is C15H18F2N2O3. The van der Waals surface area contributed by atoms with Crippen molar-refractivity contribution in [3.8, 4) is 5.88 Å². The monoisotopic (exact) mass is 312 g/mol. The van der Waals surface area contributed by atoms with Crippen LogP contribution in [0.3, 0.4) is 0 Å². The van der Waals surface area contributed by atoms with Gasteiger partial charge in [-0.3, -0.25) is 4.79 Å². The number of amides is 1. The fourth-order valence-electron chi connectivity index (χ4n) is 2.60. The highest BCUT2D eigenvalue weighted by Gasteiger charge is 2.35. The van der Waals surface area contributed by atoms with Gasteiger partial charge in [-0.1, -0.05) is 0 Å². The zero-order chi connectivity index (χ0) is 15.6. The molecule has 1 amide bonds. The summed E-state index contributed by atoms with van der Waals surface area (Å²) in [4.78, 5) is 17.9. The second-order valence-corrected chi connectivity index (χ2v) is 5.63. The number of ether oxygens (including phenoxy) is 2. The highest BCUT2D eigenvalue weighted by Crippen LogP contribution is 2.28. The molecule has 7 heteroatoms. The number of alkyl halides is 2. The van der Waals surface area contributed by atoms with Crippen LogP contribution in [0.15, 0.2) is 18.3 Å². The highest BCUT2D eigenvalue weighted by atomic mass is 19.3. The molecule has 0 aliphatic carbocycles. The molecule has 0 saturated carbocycles. The Labute approximate surface area is 127 Å². The van der Waals surface area contributed by atoms with E-state index in [0.717, 1.165) is 6.42 Å². The Hall–Kier alpha value is -1.76. The molecule has 0 aromatic carbocycles. The summed E-state index contributed by atoms with van der Waals surface area (Å²) < 4.78 is 37.2. The molecule has 0 spiro atoms. The average molecular weight is 312 g/mol. The van der Waals surface area contributed by atoms with Gasteiger partial charge in [0.1, 0.15) is 6.10 Å². The van der Waals surface area contributed by atoms with Gasteiger partial charge in [0.15, 0.2) is 0 Å². The molecule has 3 rings (SSSR count). The predicted molar refractivity (Wildman–Crippen MR) is 74.2 cm³/mol. The zero-order valence-corrected chi connectivity index (χ0v) is 12.1. The van der Waals surface area contributed by atoms with Crippen LogP contribution in [-0.4, -0.2) is 54.1 Å². The molecule has 2 aliphatic heterocycles. The van der Waals surface area contributed by atoms with Crippen molar-refractivity contribution in [2.24, 2.45) is 0 Å². The lowest BCUT2D eigenvalue weighted by atomic mass is 10.1. The van der Waals surface area contributed by atoms with E-state index < -0.39 is 5.92 Å². The van der Waals surface area contributed by atoms with E-state index in [1.165, 1.54) is 11.1 Å². The van der Waals surface area contributed by atoms with Crippen LogP contribution in [0.2, 0.25) is 0 Å². The minimum absolute atomic E-state index is 0.0495. The molecule has 22 heavy (non-hydrogen) atoms. The molecule has 1 aromatic heterocycles. The number of aromatic nitrogens is 1. The van der Waals surface area contributed by atoms with Crippen LogP contribution in [0.25, 0.3) is 0 Å². The quantitative estimate of drug-likeness (QED) is 0.858. The number of carbonyl (C=O) groups is 1. The van der Waals surface area contributed by atoms with Crippen LogP contribution in [0.4, 0.5) is 8.78 Å². The SMILES string of the molecule is O=C(c1ccnc(O[C@@H]2CCOC2)c1)N1CCC(F)(F)CC1. The number of likely N-dealkylation sites (tertiary alicyclic amines) is 1. The summed E-state index contributed by atoms with van der Waals surface area (Å²) in [5.74, 6) is -2.56. The number of hydrogen-bond acceptors (Lipinski definition) is 4. The second-order valence-electron chi connectivity index (χ2n) is 5.63. The Balaban J connectivity index is 1.65. The van der Waals surface area contributed by atoms with Gasteiger partial charge in [-0.25, -0.2) is 13.8 Å². The lowest BCUT2D eigenvalue weighted by Gasteiger charge is -2.31. The smallest absolute Gasteiger partial charge is 0.254 e. The third-order valence-electron chi connectivity index (χ3n) is 3.94. The molecule has 5 nitrogen and oxygen atoms in total. The van der Waals surface area contributed by atoms with Gasteiger partial charge in [0, 0.05) is 50.2 Å². The van der Waals surface area contributed by atoms with Crippen molar-refractivity contribution in [1.82, 2.24) is 9.88 Å². The molecule has 2 fully saturated rings. The summed E-state index contributed by atoms with van der Waals surface area (Å²) in [5.41, 5.74) is 0.411. The van der Waals surface area contributed by atoms with Gasteiger partial charge in [-0.05, 0) is 6.07 Å². The van der Waals surface area contributed by atoms with Crippen molar-refractivity contribution >= 4 is 5.91 Å². The first kappa shape index (κ1) is 15.1. The Morgan fingerprint density at radius 1 is 1.41 bits per heavy atom. The highest BCUT2D eigenvalue weighted by molar-refractivity contribution is 5.94.